The van der Waals surface area contributed by atoms with Gasteiger partial charge in [0.1, 0.15) is 5.75 Å². The lowest BCUT2D eigenvalue weighted by Gasteiger charge is -2.22. The van der Waals surface area contributed by atoms with Crippen molar-refractivity contribution in [1.29, 1.82) is 0 Å². The Kier molecular flexibility index (Phi) is 6.66. The van der Waals surface area contributed by atoms with E-state index in [-0.39, 0.29) is 5.91 Å². The highest BCUT2D eigenvalue weighted by Gasteiger charge is 2.16. The molecule has 140 valence electrons. The van der Waals surface area contributed by atoms with Gasteiger partial charge < -0.3 is 9.64 Å². The van der Waals surface area contributed by atoms with Crippen molar-refractivity contribution in [2.24, 2.45) is 0 Å². The lowest BCUT2D eigenvalue weighted by atomic mass is 10.1. The van der Waals surface area contributed by atoms with Gasteiger partial charge in [-0.2, -0.15) is 0 Å². The van der Waals surface area contributed by atoms with Crippen molar-refractivity contribution in [3.63, 3.8) is 0 Å². The maximum Gasteiger partial charge on any atom is 0.227 e. The lowest BCUT2D eigenvalue weighted by molar-refractivity contribution is -0.131. The second kappa shape index (κ2) is 9.38. The van der Waals surface area contributed by atoms with Crippen LogP contribution in [0.15, 0.2) is 66.7 Å². The molecule has 0 aliphatic heterocycles. The third kappa shape index (κ3) is 5.69. The average Bonchev–Trinajstić information content (AvgIpc) is 3.11. The predicted octanol–water partition coefficient (Wildman–Crippen LogP) is 4.88. The fraction of sp³-hybridized carbons (Fsp3) is 0.261. The summed E-state index contributed by atoms with van der Waals surface area (Å²) in [6.45, 7) is 3.48. The third-order valence-electron chi connectivity index (χ3n) is 4.52. The average molecular weight is 380 g/mol. The van der Waals surface area contributed by atoms with Crippen LogP contribution in [-0.4, -0.2) is 24.5 Å². The van der Waals surface area contributed by atoms with Gasteiger partial charge in [0.25, 0.3) is 0 Å². The molecule has 3 nitrogen and oxygen atoms in total. The summed E-state index contributed by atoms with van der Waals surface area (Å²) in [6, 6.07) is 22.3. The molecule has 0 aliphatic carbocycles. The van der Waals surface area contributed by atoms with Gasteiger partial charge in [0.15, 0.2) is 0 Å². The van der Waals surface area contributed by atoms with Gasteiger partial charge in [-0.1, -0.05) is 42.5 Å². The smallest absolute Gasteiger partial charge is 0.227 e. The molecular formula is C23H25NO2S. The van der Waals surface area contributed by atoms with E-state index in [9.17, 15) is 4.79 Å². The van der Waals surface area contributed by atoms with Crippen LogP contribution >= 0.6 is 11.3 Å². The largest absolute Gasteiger partial charge is 0.497 e. The van der Waals surface area contributed by atoms with Crippen LogP contribution in [0.4, 0.5) is 0 Å². The molecule has 0 aliphatic rings. The quantitative estimate of drug-likeness (QED) is 0.558. The first-order valence-corrected chi connectivity index (χ1v) is 9.95. The normalized spacial score (nSPS) is 10.6. The molecule has 0 unspecified atom stereocenters. The van der Waals surface area contributed by atoms with Crippen LogP contribution < -0.4 is 4.74 Å². The second-order valence-electron chi connectivity index (χ2n) is 6.59. The molecule has 0 bridgehead atoms. The monoisotopic (exact) mass is 379 g/mol. The minimum atomic E-state index is 0.155. The fourth-order valence-corrected chi connectivity index (χ4v) is 3.89. The number of nitrogens with zero attached hydrogens (tertiary/aromatic N) is 1. The van der Waals surface area contributed by atoms with Gasteiger partial charge in [-0.25, -0.2) is 0 Å². The highest BCUT2D eigenvalue weighted by atomic mass is 32.1. The van der Waals surface area contributed by atoms with Crippen molar-refractivity contribution in [1.82, 2.24) is 4.90 Å². The molecule has 0 saturated carbocycles. The topological polar surface area (TPSA) is 29.5 Å². The minimum absolute atomic E-state index is 0.155. The molecule has 0 spiro atoms. The molecule has 27 heavy (non-hydrogen) atoms. The number of carbonyl (C=O) groups excluding carboxylic acids is 1. The number of ether oxygens (including phenoxy) is 1. The highest BCUT2D eigenvalue weighted by molar-refractivity contribution is 7.11. The Labute approximate surface area is 165 Å². The first-order chi connectivity index (χ1) is 13.1. The summed E-state index contributed by atoms with van der Waals surface area (Å²) in [5.74, 6) is 0.961. The van der Waals surface area contributed by atoms with Crippen LogP contribution in [0.3, 0.4) is 0 Å². The number of hydrogen-bond acceptors (Lipinski definition) is 3. The molecule has 0 N–H and O–H groups in total. The van der Waals surface area contributed by atoms with Crippen molar-refractivity contribution in [2.45, 2.75) is 26.3 Å². The van der Waals surface area contributed by atoms with Crippen LogP contribution in [0, 0.1) is 6.92 Å². The maximum atomic E-state index is 13.0. The van der Waals surface area contributed by atoms with E-state index in [1.807, 2.05) is 47.4 Å². The zero-order valence-electron chi connectivity index (χ0n) is 15.9. The number of amides is 1. The first-order valence-electron chi connectivity index (χ1n) is 9.14. The van der Waals surface area contributed by atoms with E-state index >= 15 is 0 Å². The van der Waals surface area contributed by atoms with E-state index in [1.165, 1.54) is 15.3 Å². The highest BCUT2D eigenvalue weighted by Crippen LogP contribution is 2.19. The molecule has 0 radical (unpaired) electrons. The van der Waals surface area contributed by atoms with Crippen LogP contribution in [-0.2, 0) is 24.2 Å². The molecule has 0 saturated heterocycles. The third-order valence-corrected chi connectivity index (χ3v) is 5.51. The molecule has 0 atom stereocenters. The Bertz CT molecular complexity index is 856. The number of aryl methyl sites for hydroxylation is 1. The zero-order chi connectivity index (χ0) is 19.1. The van der Waals surface area contributed by atoms with Gasteiger partial charge in [-0.05, 0) is 48.7 Å². The summed E-state index contributed by atoms with van der Waals surface area (Å²) in [6.07, 6.45) is 1.27. The van der Waals surface area contributed by atoms with E-state index in [0.29, 0.717) is 13.0 Å². The van der Waals surface area contributed by atoms with Gasteiger partial charge in [-0.15, -0.1) is 11.3 Å². The predicted molar refractivity (Wildman–Crippen MR) is 111 cm³/mol. The number of rotatable bonds is 8. The maximum absolute atomic E-state index is 13.0. The summed E-state index contributed by atoms with van der Waals surface area (Å²) in [5, 5.41) is 0. The molecular weight excluding hydrogens is 354 g/mol. The fourth-order valence-electron chi connectivity index (χ4n) is 2.99. The summed E-state index contributed by atoms with van der Waals surface area (Å²) in [4.78, 5) is 17.5. The van der Waals surface area contributed by atoms with Gasteiger partial charge in [0.05, 0.1) is 20.1 Å². The molecule has 1 amide bonds. The van der Waals surface area contributed by atoms with Crippen LogP contribution in [0.25, 0.3) is 0 Å². The second-order valence-corrected chi connectivity index (χ2v) is 7.96. The Hall–Kier alpha value is -2.59. The van der Waals surface area contributed by atoms with Gasteiger partial charge in [-0.3, -0.25) is 4.79 Å². The van der Waals surface area contributed by atoms with Gasteiger partial charge in [0, 0.05) is 16.3 Å². The minimum Gasteiger partial charge on any atom is -0.497 e. The summed E-state index contributed by atoms with van der Waals surface area (Å²) in [7, 11) is 1.65. The number of methoxy groups -OCH3 is 1. The van der Waals surface area contributed by atoms with Crippen LogP contribution in [0.2, 0.25) is 0 Å². The van der Waals surface area contributed by atoms with Gasteiger partial charge >= 0.3 is 0 Å². The standard InChI is InChI=1S/C23H25NO2S/c1-18-8-13-22(27-18)17-24(15-14-19-6-4-3-5-7-19)23(25)16-20-9-11-21(26-2)12-10-20/h3-13H,14-17H2,1-2H3. The number of hydrogen-bond donors (Lipinski definition) is 0. The molecule has 1 heterocycles. The Morgan fingerprint density at radius 3 is 2.33 bits per heavy atom. The number of benzene rings is 2. The number of thiophene rings is 1. The molecule has 3 aromatic rings. The number of carbonyl (C=O) groups is 1. The summed E-state index contributed by atoms with van der Waals surface area (Å²) < 4.78 is 5.20. The van der Waals surface area contributed by atoms with Crippen molar-refractivity contribution < 1.29 is 9.53 Å². The van der Waals surface area contributed by atoms with E-state index in [0.717, 1.165) is 24.3 Å². The van der Waals surface area contributed by atoms with E-state index in [1.54, 1.807) is 18.4 Å². The lowest BCUT2D eigenvalue weighted by Crippen LogP contribution is -2.33. The van der Waals surface area contributed by atoms with Crippen molar-refractivity contribution >= 4 is 17.2 Å². The summed E-state index contributed by atoms with van der Waals surface area (Å²) >= 11 is 1.76. The first kappa shape index (κ1) is 19.2. The molecule has 4 heteroatoms. The van der Waals surface area contributed by atoms with Crippen LogP contribution in [0.1, 0.15) is 20.9 Å². The molecule has 3 rings (SSSR count). The van der Waals surface area contributed by atoms with Crippen LogP contribution in [0.5, 0.6) is 5.75 Å². The Balaban J connectivity index is 1.69. The Morgan fingerprint density at radius 1 is 0.963 bits per heavy atom. The van der Waals surface area contributed by atoms with Crippen molar-refractivity contribution in [3.8, 4) is 5.75 Å². The SMILES string of the molecule is COc1ccc(CC(=O)N(CCc2ccccc2)Cc2ccc(C)s2)cc1. The van der Waals surface area contributed by atoms with Crippen molar-refractivity contribution in [2.75, 3.05) is 13.7 Å². The van der Waals surface area contributed by atoms with E-state index in [2.05, 4.69) is 31.2 Å². The van der Waals surface area contributed by atoms with E-state index in [4.69, 9.17) is 4.74 Å². The Morgan fingerprint density at radius 2 is 1.70 bits per heavy atom. The molecule has 1 aromatic heterocycles. The summed E-state index contributed by atoms with van der Waals surface area (Å²) in [5.41, 5.74) is 2.26. The van der Waals surface area contributed by atoms with E-state index < -0.39 is 0 Å². The van der Waals surface area contributed by atoms with Crippen molar-refractivity contribution in [3.05, 3.63) is 87.6 Å². The zero-order valence-corrected chi connectivity index (χ0v) is 16.7. The van der Waals surface area contributed by atoms with Gasteiger partial charge in [0.2, 0.25) is 5.91 Å². The molecule has 2 aromatic carbocycles. The molecule has 0 fully saturated rings.